The molecule has 1 heterocycles. The van der Waals surface area contributed by atoms with Crippen LogP contribution in [0, 0.1) is 6.92 Å². The molecule has 1 aliphatic heterocycles. The van der Waals surface area contributed by atoms with Gasteiger partial charge in [0.25, 0.3) is 0 Å². The van der Waals surface area contributed by atoms with E-state index < -0.39 is 0 Å². The van der Waals surface area contributed by atoms with E-state index in [2.05, 4.69) is 55.3 Å². The Morgan fingerprint density at radius 1 is 1.32 bits per heavy atom. The van der Waals surface area contributed by atoms with Crippen molar-refractivity contribution in [2.24, 2.45) is 0 Å². The van der Waals surface area contributed by atoms with Gasteiger partial charge in [-0.05, 0) is 39.3 Å². The van der Waals surface area contributed by atoms with Gasteiger partial charge in [-0.1, -0.05) is 29.8 Å². The molecule has 106 valence electrons. The Morgan fingerprint density at radius 3 is 2.63 bits per heavy atom. The van der Waals surface area contributed by atoms with Crippen molar-refractivity contribution in [3.05, 3.63) is 35.4 Å². The van der Waals surface area contributed by atoms with Crippen molar-refractivity contribution in [3.63, 3.8) is 0 Å². The number of benzene rings is 1. The van der Waals surface area contributed by atoms with Gasteiger partial charge in [0.2, 0.25) is 0 Å². The molecule has 3 nitrogen and oxygen atoms in total. The van der Waals surface area contributed by atoms with Gasteiger partial charge in [-0.15, -0.1) is 0 Å². The number of nitrogens with one attached hydrogen (secondary N) is 1. The molecular formula is C16H26N2O. The van der Waals surface area contributed by atoms with E-state index in [9.17, 15) is 5.11 Å². The Kier molecular flexibility index (Phi) is 4.61. The van der Waals surface area contributed by atoms with E-state index in [1.54, 1.807) is 0 Å². The molecular weight excluding hydrogens is 236 g/mol. The highest BCUT2D eigenvalue weighted by molar-refractivity contribution is 5.21. The topological polar surface area (TPSA) is 35.5 Å². The fraction of sp³-hybridized carbons (Fsp3) is 0.625. The fourth-order valence-corrected chi connectivity index (χ4v) is 2.63. The van der Waals surface area contributed by atoms with Gasteiger partial charge in [0.05, 0.1) is 6.61 Å². The zero-order valence-corrected chi connectivity index (χ0v) is 12.3. The van der Waals surface area contributed by atoms with E-state index in [-0.39, 0.29) is 18.2 Å². The lowest BCUT2D eigenvalue weighted by Gasteiger charge is -2.37. The first-order valence-electron chi connectivity index (χ1n) is 7.16. The lowest BCUT2D eigenvalue weighted by atomic mass is 9.97. The van der Waals surface area contributed by atoms with Crippen LogP contribution < -0.4 is 5.32 Å². The summed E-state index contributed by atoms with van der Waals surface area (Å²) in [5, 5.41) is 12.8. The van der Waals surface area contributed by atoms with Crippen molar-refractivity contribution in [2.75, 3.05) is 19.7 Å². The van der Waals surface area contributed by atoms with E-state index in [0.717, 1.165) is 26.1 Å². The minimum Gasteiger partial charge on any atom is -0.395 e. The fourth-order valence-electron chi connectivity index (χ4n) is 2.63. The highest BCUT2D eigenvalue weighted by Crippen LogP contribution is 2.23. The molecule has 19 heavy (non-hydrogen) atoms. The smallest absolute Gasteiger partial charge is 0.0597 e. The van der Waals surface area contributed by atoms with E-state index in [4.69, 9.17) is 0 Å². The van der Waals surface area contributed by atoms with Crippen molar-refractivity contribution < 1.29 is 5.11 Å². The maximum absolute atomic E-state index is 9.42. The largest absolute Gasteiger partial charge is 0.395 e. The minimum absolute atomic E-state index is 0.168. The van der Waals surface area contributed by atoms with E-state index in [1.807, 2.05) is 0 Å². The summed E-state index contributed by atoms with van der Waals surface area (Å²) in [6, 6.07) is 8.94. The second-order valence-electron chi connectivity index (χ2n) is 6.26. The van der Waals surface area contributed by atoms with Crippen LogP contribution in [0.4, 0.5) is 0 Å². The molecule has 1 fully saturated rings. The standard InChI is InChI=1S/C16H26N2O/c1-13-4-6-14(7-5-13)10-18-11-15(12-19)17-9-8-16(18,2)3/h4-7,15,17,19H,8-12H2,1-3H3. The molecule has 0 spiro atoms. The zero-order valence-electron chi connectivity index (χ0n) is 12.3. The van der Waals surface area contributed by atoms with Crippen molar-refractivity contribution in [2.45, 2.75) is 45.3 Å². The molecule has 1 aromatic carbocycles. The highest BCUT2D eigenvalue weighted by Gasteiger charge is 2.31. The first-order valence-corrected chi connectivity index (χ1v) is 7.16. The summed E-state index contributed by atoms with van der Waals surface area (Å²) in [7, 11) is 0. The van der Waals surface area contributed by atoms with Crippen LogP contribution in [-0.2, 0) is 6.54 Å². The first-order chi connectivity index (χ1) is 9.01. The Hall–Kier alpha value is -0.900. The first kappa shape index (κ1) is 14.5. The molecule has 1 saturated heterocycles. The van der Waals surface area contributed by atoms with Crippen LogP contribution in [0.1, 0.15) is 31.4 Å². The number of aryl methyl sites for hydroxylation is 1. The quantitative estimate of drug-likeness (QED) is 0.874. The SMILES string of the molecule is Cc1ccc(CN2CC(CO)NCCC2(C)C)cc1. The van der Waals surface area contributed by atoms with E-state index >= 15 is 0 Å². The summed E-state index contributed by atoms with van der Waals surface area (Å²) in [6.07, 6.45) is 1.11. The Bertz CT molecular complexity index is 400. The average molecular weight is 262 g/mol. The molecule has 0 amide bonds. The molecule has 1 unspecified atom stereocenters. The number of aliphatic hydroxyl groups is 1. The van der Waals surface area contributed by atoms with Crippen LogP contribution in [0.2, 0.25) is 0 Å². The molecule has 3 heteroatoms. The second-order valence-corrected chi connectivity index (χ2v) is 6.26. The van der Waals surface area contributed by atoms with Gasteiger partial charge in [0, 0.05) is 24.7 Å². The van der Waals surface area contributed by atoms with Crippen LogP contribution in [0.25, 0.3) is 0 Å². The zero-order chi connectivity index (χ0) is 13.9. The minimum atomic E-state index is 0.168. The van der Waals surface area contributed by atoms with Crippen molar-refractivity contribution in [1.29, 1.82) is 0 Å². The summed E-state index contributed by atoms with van der Waals surface area (Å²) in [6.45, 7) is 9.74. The molecule has 1 atom stereocenters. The van der Waals surface area contributed by atoms with Crippen LogP contribution in [0.5, 0.6) is 0 Å². The Balaban J connectivity index is 2.11. The molecule has 2 N–H and O–H groups in total. The van der Waals surface area contributed by atoms with Gasteiger partial charge in [0.15, 0.2) is 0 Å². The summed E-state index contributed by atoms with van der Waals surface area (Å²) in [5.74, 6) is 0. The molecule has 0 aromatic heterocycles. The molecule has 0 saturated carbocycles. The third-order valence-electron chi connectivity index (χ3n) is 4.18. The van der Waals surface area contributed by atoms with Gasteiger partial charge in [-0.25, -0.2) is 0 Å². The average Bonchev–Trinajstić information content (AvgIpc) is 2.51. The molecule has 0 bridgehead atoms. The van der Waals surface area contributed by atoms with Crippen LogP contribution in [0.15, 0.2) is 24.3 Å². The third kappa shape index (κ3) is 3.78. The Morgan fingerprint density at radius 2 is 2.00 bits per heavy atom. The summed E-state index contributed by atoms with van der Waals surface area (Å²) in [5.41, 5.74) is 2.81. The lowest BCUT2D eigenvalue weighted by Crippen LogP contribution is -2.46. The van der Waals surface area contributed by atoms with Crippen LogP contribution >= 0.6 is 0 Å². The third-order valence-corrected chi connectivity index (χ3v) is 4.18. The molecule has 0 radical (unpaired) electrons. The van der Waals surface area contributed by atoms with E-state index in [1.165, 1.54) is 11.1 Å². The van der Waals surface area contributed by atoms with Crippen molar-refractivity contribution in [1.82, 2.24) is 10.2 Å². The lowest BCUT2D eigenvalue weighted by molar-refractivity contribution is 0.100. The Labute approximate surface area is 116 Å². The molecule has 2 rings (SSSR count). The number of rotatable bonds is 3. The van der Waals surface area contributed by atoms with Crippen molar-refractivity contribution >= 4 is 0 Å². The van der Waals surface area contributed by atoms with Crippen LogP contribution in [-0.4, -0.2) is 41.3 Å². The number of nitrogens with zero attached hydrogens (tertiary/aromatic N) is 1. The summed E-state index contributed by atoms with van der Waals surface area (Å²) >= 11 is 0. The molecule has 1 aromatic rings. The summed E-state index contributed by atoms with van der Waals surface area (Å²) in [4.78, 5) is 2.48. The number of hydrogen-bond acceptors (Lipinski definition) is 3. The second kappa shape index (κ2) is 6.04. The predicted octanol–water partition coefficient (Wildman–Crippen LogP) is 1.93. The van der Waals surface area contributed by atoms with Gasteiger partial charge < -0.3 is 10.4 Å². The maximum atomic E-state index is 9.42. The maximum Gasteiger partial charge on any atom is 0.0597 e. The molecule has 1 aliphatic rings. The van der Waals surface area contributed by atoms with Gasteiger partial charge >= 0.3 is 0 Å². The monoisotopic (exact) mass is 262 g/mol. The number of hydrogen-bond donors (Lipinski definition) is 2. The van der Waals surface area contributed by atoms with Crippen molar-refractivity contribution in [3.8, 4) is 0 Å². The van der Waals surface area contributed by atoms with Crippen LogP contribution in [0.3, 0.4) is 0 Å². The number of aliphatic hydroxyl groups excluding tert-OH is 1. The highest BCUT2D eigenvalue weighted by atomic mass is 16.3. The van der Waals surface area contributed by atoms with Gasteiger partial charge in [-0.2, -0.15) is 0 Å². The summed E-state index contributed by atoms with van der Waals surface area (Å²) < 4.78 is 0. The van der Waals surface area contributed by atoms with Gasteiger partial charge in [-0.3, -0.25) is 4.90 Å². The normalized spacial score (nSPS) is 24.1. The van der Waals surface area contributed by atoms with E-state index in [0.29, 0.717) is 0 Å². The molecule has 0 aliphatic carbocycles. The van der Waals surface area contributed by atoms with Gasteiger partial charge in [0.1, 0.15) is 0 Å². The predicted molar refractivity (Wildman–Crippen MR) is 79.2 cm³/mol.